The van der Waals surface area contributed by atoms with Crippen molar-refractivity contribution in [3.05, 3.63) is 42.0 Å². The summed E-state index contributed by atoms with van der Waals surface area (Å²) < 4.78 is 11.0. The minimum Gasteiger partial charge on any atom is -0.491 e. The average Bonchev–Trinajstić information content (AvgIpc) is 2.41. The first-order chi connectivity index (χ1) is 9.63. The van der Waals surface area contributed by atoms with E-state index in [1.807, 2.05) is 19.1 Å². The van der Waals surface area contributed by atoms with Crippen molar-refractivity contribution in [3.8, 4) is 5.75 Å². The highest BCUT2D eigenvalue weighted by Crippen LogP contribution is 2.19. The zero-order chi connectivity index (χ0) is 14.8. The molecule has 0 atom stereocenters. The summed E-state index contributed by atoms with van der Waals surface area (Å²) in [7, 11) is 0. The number of carbonyl (C=O) groups excluding carboxylic acids is 1. The Kier molecular flexibility index (Phi) is 7.43. The van der Waals surface area contributed by atoms with Crippen molar-refractivity contribution in [1.82, 2.24) is 5.32 Å². The number of rotatable bonds is 9. The van der Waals surface area contributed by atoms with Gasteiger partial charge in [0.05, 0.1) is 19.8 Å². The number of ether oxygens (including phenoxy) is 2. The Morgan fingerprint density at radius 1 is 1.40 bits per heavy atom. The van der Waals surface area contributed by atoms with Gasteiger partial charge in [-0.1, -0.05) is 18.2 Å². The van der Waals surface area contributed by atoms with Crippen LogP contribution in [0.2, 0.25) is 0 Å². The standard InChI is InChI=1S/C16H23NO3/c1-4-9-19-10-7-15-5-6-16(13(2)12-15)20-11-8-17-14(3)18/h4-6,12H,1,7-11H2,2-3H3,(H,17,18). The summed E-state index contributed by atoms with van der Waals surface area (Å²) in [4.78, 5) is 10.7. The van der Waals surface area contributed by atoms with Crippen LogP contribution in [0.4, 0.5) is 0 Å². The summed E-state index contributed by atoms with van der Waals surface area (Å²) in [5.74, 6) is 0.811. The predicted octanol–water partition coefficient (Wildman–Crippen LogP) is 2.26. The first-order valence-corrected chi connectivity index (χ1v) is 6.79. The lowest BCUT2D eigenvalue weighted by Crippen LogP contribution is -2.25. The van der Waals surface area contributed by atoms with E-state index < -0.39 is 0 Å². The van der Waals surface area contributed by atoms with Gasteiger partial charge in [0.15, 0.2) is 0 Å². The van der Waals surface area contributed by atoms with E-state index in [9.17, 15) is 4.79 Å². The number of hydrogen-bond acceptors (Lipinski definition) is 3. The van der Waals surface area contributed by atoms with E-state index in [4.69, 9.17) is 9.47 Å². The van der Waals surface area contributed by atoms with E-state index in [-0.39, 0.29) is 5.91 Å². The third-order valence-electron chi connectivity index (χ3n) is 2.74. The molecule has 0 saturated carbocycles. The minimum absolute atomic E-state index is 0.0415. The molecule has 110 valence electrons. The summed E-state index contributed by atoms with van der Waals surface area (Å²) in [5, 5.41) is 2.70. The minimum atomic E-state index is -0.0415. The van der Waals surface area contributed by atoms with Crippen molar-refractivity contribution in [2.75, 3.05) is 26.4 Å². The van der Waals surface area contributed by atoms with E-state index in [1.165, 1.54) is 12.5 Å². The van der Waals surface area contributed by atoms with Crippen molar-refractivity contribution >= 4 is 5.91 Å². The van der Waals surface area contributed by atoms with Crippen molar-refractivity contribution < 1.29 is 14.3 Å². The number of carbonyl (C=O) groups is 1. The normalized spacial score (nSPS) is 10.1. The van der Waals surface area contributed by atoms with Gasteiger partial charge in [-0.15, -0.1) is 6.58 Å². The second-order valence-corrected chi connectivity index (χ2v) is 4.54. The van der Waals surface area contributed by atoms with Crippen LogP contribution in [0.5, 0.6) is 5.75 Å². The molecule has 0 aromatic heterocycles. The molecular weight excluding hydrogens is 254 g/mol. The highest BCUT2D eigenvalue weighted by atomic mass is 16.5. The predicted molar refractivity (Wildman–Crippen MR) is 80.1 cm³/mol. The molecular formula is C16H23NO3. The molecule has 20 heavy (non-hydrogen) atoms. The van der Waals surface area contributed by atoms with Crippen molar-refractivity contribution in [1.29, 1.82) is 0 Å². The SMILES string of the molecule is C=CCOCCc1ccc(OCCNC(C)=O)c(C)c1. The Morgan fingerprint density at radius 2 is 2.20 bits per heavy atom. The van der Waals surface area contributed by atoms with E-state index in [2.05, 4.69) is 18.0 Å². The molecule has 0 aliphatic carbocycles. The molecule has 0 aliphatic heterocycles. The van der Waals surface area contributed by atoms with Gasteiger partial charge in [-0.2, -0.15) is 0 Å². The number of benzene rings is 1. The molecule has 1 aromatic rings. The fourth-order valence-electron chi connectivity index (χ4n) is 1.77. The van der Waals surface area contributed by atoms with Gasteiger partial charge in [-0.3, -0.25) is 4.79 Å². The second-order valence-electron chi connectivity index (χ2n) is 4.54. The van der Waals surface area contributed by atoms with Crippen LogP contribution in [0.15, 0.2) is 30.9 Å². The van der Waals surface area contributed by atoms with Crippen molar-refractivity contribution in [3.63, 3.8) is 0 Å². The van der Waals surface area contributed by atoms with Gasteiger partial charge in [-0.25, -0.2) is 0 Å². The second kappa shape index (κ2) is 9.15. The van der Waals surface area contributed by atoms with Gasteiger partial charge in [0.25, 0.3) is 0 Å². The summed E-state index contributed by atoms with van der Waals surface area (Å²) >= 11 is 0. The maximum absolute atomic E-state index is 10.7. The van der Waals surface area contributed by atoms with Gasteiger partial charge in [0.1, 0.15) is 12.4 Å². The highest BCUT2D eigenvalue weighted by molar-refractivity contribution is 5.72. The van der Waals surface area contributed by atoms with Crippen LogP contribution < -0.4 is 10.1 Å². The number of nitrogens with one attached hydrogen (secondary N) is 1. The number of hydrogen-bond donors (Lipinski definition) is 1. The monoisotopic (exact) mass is 277 g/mol. The van der Waals surface area contributed by atoms with E-state index in [1.54, 1.807) is 6.08 Å². The Labute approximate surface area is 120 Å². The molecule has 0 bridgehead atoms. The molecule has 0 fully saturated rings. The van der Waals surface area contributed by atoms with E-state index in [0.29, 0.717) is 26.4 Å². The third kappa shape index (κ3) is 6.38. The Balaban J connectivity index is 2.38. The van der Waals surface area contributed by atoms with E-state index in [0.717, 1.165) is 17.7 Å². The Bertz CT molecular complexity index is 443. The number of aryl methyl sites for hydroxylation is 1. The van der Waals surface area contributed by atoms with Crippen LogP contribution in [0, 0.1) is 6.92 Å². The number of amides is 1. The van der Waals surface area contributed by atoms with Gasteiger partial charge in [0, 0.05) is 6.92 Å². The van der Waals surface area contributed by atoms with Crippen LogP contribution in [-0.4, -0.2) is 32.3 Å². The van der Waals surface area contributed by atoms with Gasteiger partial charge >= 0.3 is 0 Å². The summed E-state index contributed by atoms with van der Waals surface area (Å²) in [5.41, 5.74) is 2.31. The zero-order valence-electron chi connectivity index (χ0n) is 12.3. The fraction of sp³-hybridized carbons (Fsp3) is 0.438. The van der Waals surface area contributed by atoms with Crippen molar-refractivity contribution in [2.45, 2.75) is 20.3 Å². The molecule has 4 nitrogen and oxygen atoms in total. The lowest BCUT2D eigenvalue weighted by atomic mass is 10.1. The first kappa shape index (κ1) is 16.2. The van der Waals surface area contributed by atoms with Crippen molar-refractivity contribution in [2.24, 2.45) is 0 Å². The largest absolute Gasteiger partial charge is 0.491 e. The topological polar surface area (TPSA) is 47.6 Å². The molecule has 1 amide bonds. The fourth-order valence-corrected chi connectivity index (χ4v) is 1.77. The van der Waals surface area contributed by atoms with Gasteiger partial charge < -0.3 is 14.8 Å². The average molecular weight is 277 g/mol. The highest BCUT2D eigenvalue weighted by Gasteiger charge is 2.02. The molecule has 1 rings (SSSR count). The molecule has 1 aromatic carbocycles. The van der Waals surface area contributed by atoms with Crippen LogP contribution in [-0.2, 0) is 16.0 Å². The lowest BCUT2D eigenvalue weighted by molar-refractivity contribution is -0.119. The Hall–Kier alpha value is -1.81. The smallest absolute Gasteiger partial charge is 0.216 e. The van der Waals surface area contributed by atoms with Crippen LogP contribution in [0.25, 0.3) is 0 Å². The third-order valence-corrected chi connectivity index (χ3v) is 2.74. The molecule has 0 spiro atoms. The molecule has 1 N–H and O–H groups in total. The molecule has 0 saturated heterocycles. The van der Waals surface area contributed by atoms with Crippen LogP contribution in [0.3, 0.4) is 0 Å². The molecule has 0 aliphatic rings. The molecule has 4 heteroatoms. The maximum atomic E-state index is 10.7. The van der Waals surface area contributed by atoms with Gasteiger partial charge in [-0.05, 0) is 30.5 Å². The lowest BCUT2D eigenvalue weighted by Gasteiger charge is -2.11. The first-order valence-electron chi connectivity index (χ1n) is 6.79. The Morgan fingerprint density at radius 3 is 2.85 bits per heavy atom. The van der Waals surface area contributed by atoms with Crippen LogP contribution in [0.1, 0.15) is 18.1 Å². The van der Waals surface area contributed by atoms with E-state index >= 15 is 0 Å². The van der Waals surface area contributed by atoms with Crippen LogP contribution >= 0.6 is 0 Å². The van der Waals surface area contributed by atoms with Gasteiger partial charge in [0.2, 0.25) is 5.91 Å². The molecule has 0 radical (unpaired) electrons. The quantitative estimate of drug-likeness (QED) is 0.556. The molecule has 0 heterocycles. The summed E-state index contributed by atoms with van der Waals surface area (Å²) in [6.45, 7) is 9.39. The zero-order valence-corrected chi connectivity index (χ0v) is 12.3. The molecule has 0 unspecified atom stereocenters. The summed E-state index contributed by atoms with van der Waals surface area (Å²) in [6.07, 6.45) is 2.62. The maximum Gasteiger partial charge on any atom is 0.216 e. The summed E-state index contributed by atoms with van der Waals surface area (Å²) in [6, 6.07) is 6.11.